The van der Waals surface area contributed by atoms with Crippen LogP contribution in [-0.4, -0.2) is 77.3 Å². The van der Waals surface area contributed by atoms with Gasteiger partial charge in [-0.2, -0.15) is 0 Å². The van der Waals surface area contributed by atoms with Gasteiger partial charge in [-0.1, -0.05) is 70.4 Å². The van der Waals surface area contributed by atoms with E-state index in [-0.39, 0.29) is 31.0 Å². The molecule has 3 rings (SSSR count). The van der Waals surface area contributed by atoms with Gasteiger partial charge in [0.1, 0.15) is 0 Å². The van der Waals surface area contributed by atoms with E-state index in [1.54, 1.807) is 0 Å². The molecule has 12 heteroatoms. The van der Waals surface area contributed by atoms with Crippen molar-refractivity contribution in [2.45, 2.75) is 110 Å². The highest BCUT2D eigenvalue weighted by Crippen LogP contribution is 2.54. The fourth-order valence-corrected chi connectivity index (χ4v) is 8.17. The Morgan fingerprint density at radius 3 is 1.73 bits per heavy atom. The zero-order chi connectivity index (χ0) is 32.4. The fraction of sp³-hybridized carbons (Fsp3) is 0.906. The molecule has 0 aromatic heterocycles. The topological polar surface area (TPSA) is 127 Å². The van der Waals surface area contributed by atoms with Crippen LogP contribution in [-0.2, 0) is 41.5 Å². The number of esters is 1. The van der Waals surface area contributed by atoms with Crippen molar-refractivity contribution in [3.8, 4) is 0 Å². The van der Waals surface area contributed by atoms with Crippen LogP contribution in [0.1, 0.15) is 110 Å². The van der Waals surface area contributed by atoms with Crippen LogP contribution < -0.4 is 0 Å². The lowest BCUT2D eigenvalue weighted by molar-refractivity contribution is -0.145. The zero-order valence-electron chi connectivity index (χ0n) is 27.8. The van der Waals surface area contributed by atoms with Gasteiger partial charge in [-0.05, 0) is 44.9 Å². The van der Waals surface area contributed by atoms with Gasteiger partial charge >= 0.3 is 21.2 Å². The number of ether oxygens (including phenoxy) is 2. The summed E-state index contributed by atoms with van der Waals surface area (Å²) in [6, 6.07) is 0. The van der Waals surface area contributed by atoms with Crippen molar-refractivity contribution in [2.24, 2.45) is 11.8 Å². The van der Waals surface area contributed by atoms with E-state index in [0.29, 0.717) is 32.0 Å². The van der Waals surface area contributed by atoms with Gasteiger partial charge in [0, 0.05) is 52.3 Å². The lowest BCUT2D eigenvalue weighted by Gasteiger charge is -2.09. The standard InChI is InChI=1S/C23H43O5P.C5H11O4P.C4H8O/c1-3-4-5-6-7-8-9-10-11-12-13-14-15-16-17-18-23(24)27-19-22-20-28-29(25,21-22)26-2;1-8-10(7)4-5(2-6)3-9-10;1-2-4-5-3-1/h10-11,22H,3-9,12-21H2,1-2H3;5-6H,2-4H2,1H3;1-4H2/b11-10-;;. The minimum Gasteiger partial charge on any atom is -0.465 e. The first kappa shape index (κ1) is 41.5. The van der Waals surface area contributed by atoms with Crippen LogP contribution in [0, 0.1) is 11.8 Å². The summed E-state index contributed by atoms with van der Waals surface area (Å²) < 4.78 is 52.9. The molecule has 260 valence electrons. The van der Waals surface area contributed by atoms with Gasteiger partial charge in [-0.25, -0.2) is 0 Å². The van der Waals surface area contributed by atoms with Crippen LogP contribution in [0.3, 0.4) is 0 Å². The van der Waals surface area contributed by atoms with Crippen molar-refractivity contribution in [2.75, 3.05) is 66.2 Å². The number of carbonyl (C=O) groups excluding carboxylic acids is 1. The van der Waals surface area contributed by atoms with Gasteiger partial charge in [0.05, 0.1) is 32.1 Å². The molecule has 0 radical (unpaired) electrons. The van der Waals surface area contributed by atoms with Gasteiger partial charge in [0.25, 0.3) is 0 Å². The second-order valence-electron chi connectivity index (χ2n) is 11.8. The van der Waals surface area contributed by atoms with Crippen molar-refractivity contribution in [3.63, 3.8) is 0 Å². The molecule has 4 unspecified atom stereocenters. The smallest absolute Gasteiger partial charge is 0.330 e. The van der Waals surface area contributed by atoms with Crippen molar-refractivity contribution in [1.82, 2.24) is 0 Å². The lowest BCUT2D eigenvalue weighted by Crippen LogP contribution is -2.16. The highest BCUT2D eigenvalue weighted by molar-refractivity contribution is 7.54. The third-order valence-corrected chi connectivity index (χ3v) is 11.9. The van der Waals surface area contributed by atoms with E-state index in [1.165, 1.54) is 97.7 Å². The number of carbonyl (C=O) groups is 1. The van der Waals surface area contributed by atoms with Crippen LogP contribution in [0.4, 0.5) is 0 Å². The molecule has 3 aliphatic rings. The molecule has 0 aromatic carbocycles. The van der Waals surface area contributed by atoms with Crippen LogP contribution in [0.5, 0.6) is 0 Å². The molecule has 0 saturated carbocycles. The number of unbranched alkanes of at least 4 members (excludes halogenated alkanes) is 11. The van der Waals surface area contributed by atoms with Crippen molar-refractivity contribution >= 4 is 21.2 Å². The number of hydrogen-bond acceptors (Lipinski definition) is 10. The number of allylic oxidation sites excluding steroid dienone is 2. The summed E-state index contributed by atoms with van der Waals surface area (Å²) in [7, 11) is -2.95. The highest BCUT2D eigenvalue weighted by atomic mass is 31.2. The summed E-state index contributed by atoms with van der Waals surface area (Å²) in [5.41, 5.74) is 0. The molecule has 3 fully saturated rings. The predicted molar refractivity (Wildman–Crippen MR) is 175 cm³/mol. The molecule has 10 nitrogen and oxygen atoms in total. The predicted octanol–water partition coefficient (Wildman–Crippen LogP) is 8.31. The summed E-state index contributed by atoms with van der Waals surface area (Å²) in [6.45, 7) is 5.24. The van der Waals surface area contributed by atoms with Gasteiger partial charge in [-0.15, -0.1) is 0 Å². The second-order valence-corrected chi connectivity index (χ2v) is 16.2. The molecular weight excluding hydrogens is 606 g/mol. The Kier molecular flexibility index (Phi) is 25.0. The van der Waals surface area contributed by atoms with Gasteiger partial charge in [-0.3, -0.25) is 13.9 Å². The summed E-state index contributed by atoms with van der Waals surface area (Å²) in [4.78, 5) is 11.8. The molecule has 1 N–H and O–H groups in total. The monoisotopic (exact) mass is 668 g/mol. The minimum atomic E-state index is -2.92. The van der Waals surface area contributed by atoms with Crippen molar-refractivity contribution in [3.05, 3.63) is 12.2 Å². The van der Waals surface area contributed by atoms with E-state index in [1.807, 2.05) is 0 Å². The number of hydrogen-bond donors (Lipinski definition) is 1. The fourth-order valence-electron chi connectivity index (χ4n) is 4.88. The molecule has 0 amide bonds. The first-order valence-corrected chi connectivity index (χ1v) is 20.3. The first-order chi connectivity index (χ1) is 21.3. The first-order valence-electron chi connectivity index (χ1n) is 16.9. The van der Waals surface area contributed by atoms with E-state index in [2.05, 4.69) is 23.6 Å². The van der Waals surface area contributed by atoms with Gasteiger partial charge in [0.15, 0.2) is 0 Å². The summed E-state index contributed by atoms with van der Waals surface area (Å²) in [6.07, 6.45) is 24.5. The van der Waals surface area contributed by atoms with Crippen LogP contribution in [0.15, 0.2) is 12.2 Å². The summed E-state index contributed by atoms with van der Waals surface area (Å²) >= 11 is 0. The summed E-state index contributed by atoms with van der Waals surface area (Å²) in [5, 5.41) is 8.64. The van der Waals surface area contributed by atoms with Gasteiger partial charge < -0.3 is 32.7 Å². The molecule has 0 aromatic rings. The van der Waals surface area contributed by atoms with E-state index < -0.39 is 15.2 Å². The minimum absolute atomic E-state index is 0.00853. The Balaban J connectivity index is 0.000000518. The maximum Gasteiger partial charge on any atom is 0.330 e. The molecule has 3 heterocycles. The zero-order valence-corrected chi connectivity index (χ0v) is 29.6. The normalized spacial score (nSPS) is 26.3. The number of aliphatic hydroxyl groups excluding tert-OH is 1. The molecule has 0 spiro atoms. The maximum atomic E-state index is 11.9. The van der Waals surface area contributed by atoms with Crippen LogP contribution in [0.2, 0.25) is 0 Å². The molecule has 3 saturated heterocycles. The van der Waals surface area contributed by atoms with Crippen LogP contribution in [0.25, 0.3) is 0 Å². The molecule has 44 heavy (non-hydrogen) atoms. The quantitative estimate of drug-likeness (QED) is 0.0586. The average Bonchev–Trinajstić information content (AvgIpc) is 3.82. The SMILES string of the molecule is C1CCOC1.CCCCCCCC/C=C\CCCCCCCC(=O)OCC1COP(=O)(OC)C1.COP1(=O)CC(CO)CO1. The molecule has 0 bridgehead atoms. The summed E-state index contributed by atoms with van der Waals surface area (Å²) in [5.74, 6) is -0.189. The molecular formula is C32H62O10P2. The largest absolute Gasteiger partial charge is 0.465 e. The van der Waals surface area contributed by atoms with E-state index in [9.17, 15) is 13.9 Å². The number of aliphatic hydroxyl groups is 1. The van der Waals surface area contributed by atoms with Crippen molar-refractivity contribution in [1.29, 1.82) is 0 Å². The average molecular weight is 669 g/mol. The molecule has 0 aliphatic carbocycles. The van der Waals surface area contributed by atoms with E-state index in [4.69, 9.17) is 28.2 Å². The van der Waals surface area contributed by atoms with E-state index >= 15 is 0 Å². The van der Waals surface area contributed by atoms with Gasteiger partial charge in [0.2, 0.25) is 0 Å². The van der Waals surface area contributed by atoms with Crippen LogP contribution >= 0.6 is 15.2 Å². The second kappa shape index (κ2) is 26.5. The molecule has 4 atom stereocenters. The van der Waals surface area contributed by atoms with Crippen molar-refractivity contribution < 1.29 is 46.6 Å². The Morgan fingerprint density at radius 1 is 0.773 bits per heavy atom. The third-order valence-electron chi connectivity index (χ3n) is 7.74. The Hall–Kier alpha value is -0.570. The lowest BCUT2D eigenvalue weighted by atomic mass is 10.1. The highest BCUT2D eigenvalue weighted by Gasteiger charge is 2.36. The van der Waals surface area contributed by atoms with E-state index in [0.717, 1.165) is 26.1 Å². The Morgan fingerprint density at radius 2 is 1.27 bits per heavy atom. The maximum absolute atomic E-state index is 11.9. The number of rotatable bonds is 20. The molecule has 3 aliphatic heterocycles. The third kappa shape index (κ3) is 21.3. The Bertz CT molecular complexity index is 826. The Labute approximate surface area is 267 Å².